The van der Waals surface area contributed by atoms with Crippen LogP contribution in [-0.4, -0.2) is 14.8 Å². The van der Waals surface area contributed by atoms with E-state index >= 15 is 0 Å². The van der Waals surface area contributed by atoms with Gasteiger partial charge in [-0.15, -0.1) is 0 Å². The average Bonchev–Trinajstić information content (AvgIpc) is 2.93. The van der Waals surface area contributed by atoms with Crippen LogP contribution in [0.2, 0.25) is 0 Å². The van der Waals surface area contributed by atoms with Gasteiger partial charge in [0.2, 0.25) is 5.89 Å². The van der Waals surface area contributed by atoms with Crippen LogP contribution in [0.3, 0.4) is 0 Å². The van der Waals surface area contributed by atoms with E-state index in [2.05, 4.69) is 10.1 Å². The molecule has 2 N–H and O–H groups in total. The van der Waals surface area contributed by atoms with Crippen molar-refractivity contribution in [3.63, 3.8) is 0 Å². The number of nitriles is 1. The molecule has 0 aliphatic heterocycles. The fraction of sp³-hybridized carbons (Fsp3) is 0.0833. The van der Waals surface area contributed by atoms with Crippen LogP contribution in [0, 0.1) is 11.3 Å². The molecule has 18 heavy (non-hydrogen) atoms. The third-order valence-electron chi connectivity index (χ3n) is 2.63. The Balaban J connectivity index is 2.20. The number of nitrogen functional groups attached to an aromatic ring is 1. The van der Waals surface area contributed by atoms with Gasteiger partial charge in [0.05, 0.1) is 23.0 Å². The van der Waals surface area contributed by atoms with Crippen LogP contribution >= 0.6 is 0 Å². The van der Waals surface area contributed by atoms with Crippen LogP contribution in [-0.2, 0) is 7.05 Å². The molecule has 0 amide bonds. The second kappa shape index (κ2) is 3.60. The Kier molecular flexibility index (Phi) is 2.07. The Hall–Kier alpha value is -2.81. The summed E-state index contributed by atoms with van der Waals surface area (Å²) in [5.74, 6) is 0.465. The molecular weight excluding hydrogens is 230 g/mol. The Labute approximate surface area is 102 Å². The first-order valence-corrected chi connectivity index (χ1v) is 5.26. The van der Waals surface area contributed by atoms with Crippen molar-refractivity contribution in [1.82, 2.24) is 14.8 Å². The van der Waals surface area contributed by atoms with Gasteiger partial charge >= 0.3 is 0 Å². The maximum Gasteiger partial charge on any atom is 0.230 e. The molecule has 2 aromatic heterocycles. The molecule has 0 radical (unpaired) electrons. The summed E-state index contributed by atoms with van der Waals surface area (Å²) >= 11 is 0. The molecule has 0 unspecified atom stereocenters. The number of nitrogens with zero attached hydrogens (tertiary/aromatic N) is 4. The van der Waals surface area contributed by atoms with Crippen molar-refractivity contribution in [2.75, 3.05) is 5.73 Å². The minimum Gasteiger partial charge on any atom is -0.436 e. The molecule has 0 spiro atoms. The van der Waals surface area contributed by atoms with E-state index in [0.29, 0.717) is 28.2 Å². The third-order valence-corrected chi connectivity index (χ3v) is 2.63. The normalized spacial score (nSPS) is 10.7. The fourth-order valence-corrected chi connectivity index (χ4v) is 1.74. The van der Waals surface area contributed by atoms with Gasteiger partial charge in [-0.3, -0.25) is 4.68 Å². The minimum absolute atomic E-state index is 0.388. The second-order valence-corrected chi connectivity index (χ2v) is 3.94. The van der Waals surface area contributed by atoms with Gasteiger partial charge in [0.15, 0.2) is 5.58 Å². The highest BCUT2D eigenvalue weighted by molar-refractivity contribution is 5.82. The lowest BCUT2D eigenvalue weighted by Crippen LogP contribution is -1.89. The Morgan fingerprint density at radius 2 is 2.28 bits per heavy atom. The highest BCUT2D eigenvalue weighted by Gasteiger charge is 2.12. The first kappa shape index (κ1) is 10.4. The summed E-state index contributed by atoms with van der Waals surface area (Å²) in [6, 6.07) is 5.25. The first-order chi connectivity index (χ1) is 8.67. The molecule has 6 heteroatoms. The lowest BCUT2D eigenvalue weighted by Gasteiger charge is -1.94. The molecule has 88 valence electrons. The number of rotatable bonds is 1. The number of benzene rings is 1. The molecule has 0 saturated heterocycles. The number of aromatic nitrogens is 3. The predicted molar refractivity (Wildman–Crippen MR) is 65.3 cm³/mol. The quantitative estimate of drug-likeness (QED) is 0.652. The zero-order chi connectivity index (χ0) is 12.7. The summed E-state index contributed by atoms with van der Waals surface area (Å²) in [5, 5.41) is 13.0. The standard InChI is InChI=1S/C12H9N5O/c1-17-6-8(5-15-17)12-16-10-2-7(4-13)9(14)3-11(10)18-12/h2-3,5-6H,14H2,1H3. The molecule has 0 bridgehead atoms. The first-order valence-electron chi connectivity index (χ1n) is 5.26. The van der Waals surface area contributed by atoms with E-state index in [-0.39, 0.29) is 0 Å². The zero-order valence-corrected chi connectivity index (χ0v) is 9.58. The van der Waals surface area contributed by atoms with Crippen molar-refractivity contribution in [2.45, 2.75) is 0 Å². The second-order valence-electron chi connectivity index (χ2n) is 3.94. The van der Waals surface area contributed by atoms with Gasteiger partial charge in [0.25, 0.3) is 0 Å². The highest BCUT2D eigenvalue weighted by atomic mass is 16.3. The van der Waals surface area contributed by atoms with Crippen molar-refractivity contribution in [3.05, 3.63) is 30.1 Å². The summed E-state index contributed by atoms with van der Waals surface area (Å²) in [7, 11) is 1.82. The zero-order valence-electron chi connectivity index (χ0n) is 9.58. The van der Waals surface area contributed by atoms with E-state index in [4.69, 9.17) is 15.4 Å². The van der Waals surface area contributed by atoms with Crippen LogP contribution < -0.4 is 5.73 Å². The number of aryl methyl sites for hydroxylation is 1. The molecule has 0 atom stereocenters. The van der Waals surface area contributed by atoms with Gasteiger partial charge in [0.1, 0.15) is 11.6 Å². The Morgan fingerprint density at radius 1 is 1.44 bits per heavy atom. The van der Waals surface area contributed by atoms with Gasteiger partial charge in [-0.25, -0.2) is 4.98 Å². The molecule has 0 saturated carbocycles. The van der Waals surface area contributed by atoms with Crippen LogP contribution in [0.15, 0.2) is 28.9 Å². The van der Waals surface area contributed by atoms with E-state index in [9.17, 15) is 0 Å². The van der Waals surface area contributed by atoms with Gasteiger partial charge in [-0.2, -0.15) is 10.4 Å². The van der Waals surface area contributed by atoms with Crippen molar-refractivity contribution in [3.8, 4) is 17.5 Å². The van der Waals surface area contributed by atoms with Crippen molar-refractivity contribution >= 4 is 16.8 Å². The maximum atomic E-state index is 8.90. The van der Waals surface area contributed by atoms with Gasteiger partial charge in [-0.1, -0.05) is 0 Å². The number of hydrogen-bond donors (Lipinski definition) is 1. The van der Waals surface area contributed by atoms with Crippen molar-refractivity contribution in [1.29, 1.82) is 5.26 Å². The number of oxazole rings is 1. The van der Waals surface area contributed by atoms with E-state index < -0.39 is 0 Å². The van der Waals surface area contributed by atoms with E-state index in [1.165, 1.54) is 0 Å². The molecule has 0 aliphatic carbocycles. The SMILES string of the molecule is Cn1cc(-c2nc3cc(C#N)c(N)cc3o2)cn1. The molecule has 3 aromatic rings. The number of nitrogens with two attached hydrogens (primary N) is 1. The largest absolute Gasteiger partial charge is 0.436 e. The topological polar surface area (TPSA) is 93.7 Å². The maximum absolute atomic E-state index is 8.90. The van der Waals surface area contributed by atoms with E-state index in [0.717, 1.165) is 5.56 Å². The summed E-state index contributed by atoms with van der Waals surface area (Å²) in [6.45, 7) is 0. The van der Waals surface area contributed by atoms with Crippen LogP contribution in [0.25, 0.3) is 22.6 Å². The van der Waals surface area contributed by atoms with Crippen LogP contribution in [0.4, 0.5) is 5.69 Å². The van der Waals surface area contributed by atoms with Gasteiger partial charge in [0, 0.05) is 19.3 Å². The Bertz CT molecular complexity index is 777. The van der Waals surface area contributed by atoms with Crippen molar-refractivity contribution < 1.29 is 4.42 Å². The smallest absolute Gasteiger partial charge is 0.230 e. The molecule has 2 heterocycles. The highest BCUT2D eigenvalue weighted by Crippen LogP contribution is 2.26. The van der Waals surface area contributed by atoms with E-state index in [1.54, 1.807) is 29.2 Å². The molecule has 6 nitrogen and oxygen atoms in total. The summed E-state index contributed by atoms with van der Waals surface area (Å²) in [5.41, 5.74) is 8.46. The van der Waals surface area contributed by atoms with Crippen LogP contribution in [0.5, 0.6) is 0 Å². The summed E-state index contributed by atoms with van der Waals surface area (Å²) in [6.07, 6.45) is 3.47. The lowest BCUT2D eigenvalue weighted by atomic mass is 10.2. The van der Waals surface area contributed by atoms with Crippen LogP contribution in [0.1, 0.15) is 5.56 Å². The van der Waals surface area contributed by atoms with Gasteiger partial charge < -0.3 is 10.2 Å². The summed E-state index contributed by atoms with van der Waals surface area (Å²) < 4.78 is 7.26. The number of anilines is 1. The van der Waals surface area contributed by atoms with E-state index in [1.807, 2.05) is 13.1 Å². The monoisotopic (exact) mass is 239 g/mol. The average molecular weight is 239 g/mol. The molecule has 3 rings (SSSR count). The van der Waals surface area contributed by atoms with Crippen molar-refractivity contribution in [2.24, 2.45) is 7.05 Å². The van der Waals surface area contributed by atoms with Gasteiger partial charge in [-0.05, 0) is 6.07 Å². The Morgan fingerprint density at radius 3 is 2.94 bits per heavy atom. The molecular formula is C12H9N5O. The summed E-state index contributed by atoms with van der Waals surface area (Å²) in [4.78, 5) is 4.32. The molecule has 0 aliphatic rings. The molecule has 1 aromatic carbocycles. The number of hydrogen-bond acceptors (Lipinski definition) is 5. The fourth-order valence-electron chi connectivity index (χ4n) is 1.74. The molecule has 0 fully saturated rings. The minimum atomic E-state index is 0.388. The number of fused-ring (bicyclic) bond motifs is 1. The third kappa shape index (κ3) is 1.50. The lowest BCUT2D eigenvalue weighted by molar-refractivity contribution is 0.620. The predicted octanol–water partition coefficient (Wildman–Crippen LogP) is 1.68.